The lowest BCUT2D eigenvalue weighted by molar-refractivity contribution is -0.114. The van der Waals surface area contributed by atoms with E-state index in [1.54, 1.807) is 12.1 Å². The number of rotatable bonds is 5. The van der Waals surface area contributed by atoms with Gasteiger partial charge >= 0.3 is 0 Å². The summed E-state index contributed by atoms with van der Waals surface area (Å²) in [5.74, 6) is -0.0997. The Morgan fingerprint density at radius 2 is 2.00 bits per heavy atom. The van der Waals surface area contributed by atoms with Crippen molar-refractivity contribution in [3.05, 3.63) is 29.8 Å². The second-order valence-corrected chi connectivity index (χ2v) is 4.34. The zero-order chi connectivity index (χ0) is 13.5. The molecule has 0 aliphatic heterocycles. The maximum Gasteiger partial charge on any atom is 0.221 e. The van der Waals surface area contributed by atoms with Crippen LogP contribution in [0.5, 0.6) is 0 Å². The van der Waals surface area contributed by atoms with Gasteiger partial charge in [-0.1, -0.05) is 19.1 Å². The lowest BCUT2D eigenvalue weighted by Crippen LogP contribution is -2.29. The van der Waals surface area contributed by atoms with Crippen LogP contribution < -0.4 is 10.6 Å². The summed E-state index contributed by atoms with van der Waals surface area (Å²) in [5.41, 5.74) is 1.65. The van der Waals surface area contributed by atoms with Gasteiger partial charge in [-0.2, -0.15) is 5.26 Å². The minimum atomic E-state index is -0.314. The number of carbonyl (C=O) groups excluding carboxylic acids is 1. The number of nitrogens with one attached hydrogen (secondary N) is 2. The van der Waals surface area contributed by atoms with Gasteiger partial charge < -0.3 is 5.32 Å². The summed E-state index contributed by atoms with van der Waals surface area (Å²) in [4.78, 5) is 10.9. The standard InChI is InChI=1S/C14H19N3O/c1-4-10(2)16-14(9-15)12-5-7-13(8-6-12)17-11(3)18/h5-8,10,14,16H,4H2,1-3H3,(H,17,18). The van der Waals surface area contributed by atoms with E-state index in [-0.39, 0.29) is 11.9 Å². The van der Waals surface area contributed by atoms with Gasteiger partial charge in [0.25, 0.3) is 0 Å². The number of anilines is 1. The first-order chi connectivity index (χ1) is 8.56. The Labute approximate surface area is 108 Å². The minimum absolute atomic E-state index is 0.0997. The van der Waals surface area contributed by atoms with Crippen molar-refractivity contribution < 1.29 is 4.79 Å². The van der Waals surface area contributed by atoms with Gasteiger partial charge in [0.2, 0.25) is 5.91 Å². The summed E-state index contributed by atoms with van der Waals surface area (Å²) in [6, 6.07) is 9.55. The molecule has 4 nitrogen and oxygen atoms in total. The van der Waals surface area contributed by atoms with Crippen molar-refractivity contribution in [2.75, 3.05) is 5.32 Å². The molecule has 0 saturated carbocycles. The van der Waals surface area contributed by atoms with Crippen molar-refractivity contribution in [3.63, 3.8) is 0 Å². The molecule has 0 aromatic heterocycles. The molecule has 1 amide bonds. The van der Waals surface area contributed by atoms with E-state index in [9.17, 15) is 4.79 Å². The molecule has 2 unspecified atom stereocenters. The van der Waals surface area contributed by atoms with E-state index in [0.717, 1.165) is 17.7 Å². The molecule has 2 atom stereocenters. The Morgan fingerprint density at radius 1 is 1.39 bits per heavy atom. The second-order valence-electron chi connectivity index (χ2n) is 4.34. The lowest BCUT2D eigenvalue weighted by atomic mass is 10.1. The Balaban J connectivity index is 2.76. The van der Waals surface area contributed by atoms with Crippen LogP contribution in [0.1, 0.15) is 38.8 Å². The number of carbonyl (C=O) groups is 1. The van der Waals surface area contributed by atoms with Crippen LogP contribution in [-0.4, -0.2) is 11.9 Å². The van der Waals surface area contributed by atoms with E-state index in [2.05, 4.69) is 30.6 Å². The molecule has 0 heterocycles. The highest BCUT2D eigenvalue weighted by molar-refractivity contribution is 5.88. The zero-order valence-electron chi connectivity index (χ0n) is 11.0. The Bertz CT molecular complexity index is 433. The molecule has 1 aromatic rings. The van der Waals surface area contributed by atoms with Crippen LogP contribution in [-0.2, 0) is 4.79 Å². The molecular weight excluding hydrogens is 226 g/mol. The SMILES string of the molecule is CCC(C)NC(C#N)c1ccc(NC(C)=O)cc1. The molecule has 0 aliphatic rings. The topological polar surface area (TPSA) is 64.9 Å². The first-order valence-corrected chi connectivity index (χ1v) is 6.10. The van der Waals surface area contributed by atoms with Crippen LogP contribution in [0.4, 0.5) is 5.69 Å². The Hall–Kier alpha value is -1.86. The van der Waals surface area contributed by atoms with Gasteiger partial charge in [0, 0.05) is 18.7 Å². The molecule has 96 valence electrons. The van der Waals surface area contributed by atoms with Crippen LogP contribution in [0.2, 0.25) is 0 Å². The minimum Gasteiger partial charge on any atom is -0.326 e. The molecule has 0 radical (unpaired) electrons. The maximum absolute atomic E-state index is 10.9. The summed E-state index contributed by atoms with van der Waals surface area (Å²) in [7, 11) is 0. The predicted molar refractivity (Wildman–Crippen MR) is 72.0 cm³/mol. The summed E-state index contributed by atoms with van der Waals surface area (Å²) in [5, 5.41) is 15.1. The van der Waals surface area contributed by atoms with E-state index < -0.39 is 0 Å². The molecule has 0 bridgehead atoms. The van der Waals surface area contributed by atoms with E-state index in [1.165, 1.54) is 6.92 Å². The van der Waals surface area contributed by atoms with Crippen molar-refractivity contribution in [2.45, 2.75) is 39.3 Å². The number of benzene rings is 1. The van der Waals surface area contributed by atoms with Gasteiger partial charge in [0.15, 0.2) is 0 Å². The highest BCUT2D eigenvalue weighted by Crippen LogP contribution is 2.16. The number of hydrogen-bond acceptors (Lipinski definition) is 3. The number of nitriles is 1. The number of hydrogen-bond donors (Lipinski definition) is 2. The fraction of sp³-hybridized carbons (Fsp3) is 0.429. The van der Waals surface area contributed by atoms with Crippen molar-refractivity contribution in [1.29, 1.82) is 5.26 Å². The lowest BCUT2D eigenvalue weighted by Gasteiger charge is -2.17. The summed E-state index contributed by atoms with van der Waals surface area (Å²) >= 11 is 0. The van der Waals surface area contributed by atoms with E-state index >= 15 is 0 Å². The highest BCUT2D eigenvalue weighted by atomic mass is 16.1. The summed E-state index contributed by atoms with van der Waals surface area (Å²) in [6.45, 7) is 5.60. The van der Waals surface area contributed by atoms with Crippen molar-refractivity contribution in [1.82, 2.24) is 5.32 Å². The molecule has 18 heavy (non-hydrogen) atoms. The van der Waals surface area contributed by atoms with Gasteiger partial charge in [-0.05, 0) is 31.0 Å². The van der Waals surface area contributed by atoms with E-state index in [4.69, 9.17) is 5.26 Å². The van der Waals surface area contributed by atoms with Crippen LogP contribution >= 0.6 is 0 Å². The quantitative estimate of drug-likeness (QED) is 0.838. The average molecular weight is 245 g/mol. The summed E-state index contributed by atoms with van der Waals surface area (Å²) < 4.78 is 0. The number of nitrogens with zero attached hydrogens (tertiary/aromatic N) is 1. The number of amides is 1. The fourth-order valence-corrected chi connectivity index (χ4v) is 1.57. The normalized spacial score (nSPS) is 13.4. The molecule has 1 rings (SSSR count). The van der Waals surface area contributed by atoms with E-state index in [0.29, 0.717) is 6.04 Å². The molecule has 0 fully saturated rings. The molecular formula is C14H19N3O. The van der Waals surface area contributed by atoms with E-state index in [1.807, 2.05) is 12.1 Å². The molecule has 0 spiro atoms. The van der Waals surface area contributed by atoms with Gasteiger partial charge in [-0.25, -0.2) is 0 Å². The summed E-state index contributed by atoms with van der Waals surface area (Å²) in [6.07, 6.45) is 0.974. The van der Waals surface area contributed by atoms with Gasteiger partial charge in [0.05, 0.1) is 6.07 Å². The smallest absolute Gasteiger partial charge is 0.221 e. The Kier molecular flexibility index (Phi) is 5.34. The third-order valence-electron chi connectivity index (χ3n) is 2.76. The monoisotopic (exact) mass is 245 g/mol. The molecule has 0 aliphatic carbocycles. The molecule has 2 N–H and O–H groups in total. The first-order valence-electron chi connectivity index (χ1n) is 6.10. The van der Waals surface area contributed by atoms with Gasteiger partial charge in [-0.15, -0.1) is 0 Å². The molecule has 4 heteroatoms. The van der Waals surface area contributed by atoms with Crippen LogP contribution in [0.3, 0.4) is 0 Å². The highest BCUT2D eigenvalue weighted by Gasteiger charge is 2.12. The largest absolute Gasteiger partial charge is 0.326 e. The van der Waals surface area contributed by atoms with Crippen LogP contribution in [0.25, 0.3) is 0 Å². The van der Waals surface area contributed by atoms with Crippen molar-refractivity contribution in [2.24, 2.45) is 0 Å². The van der Waals surface area contributed by atoms with Gasteiger partial charge in [0.1, 0.15) is 6.04 Å². The third-order valence-corrected chi connectivity index (χ3v) is 2.76. The molecule has 1 aromatic carbocycles. The first kappa shape index (κ1) is 14.2. The van der Waals surface area contributed by atoms with Gasteiger partial charge in [-0.3, -0.25) is 10.1 Å². The van der Waals surface area contributed by atoms with Crippen LogP contribution in [0, 0.1) is 11.3 Å². The zero-order valence-corrected chi connectivity index (χ0v) is 11.0. The third kappa shape index (κ3) is 4.19. The predicted octanol–water partition coefficient (Wildman–Crippen LogP) is 2.60. The van der Waals surface area contributed by atoms with Crippen molar-refractivity contribution >= 4 is 11.6 Å². The molecule has 0 saturated heterocycles. The average Bonchev–Trinajstić information content (AvgIpc) is 2.36. The fourth-order valence-electron chi connectivity index (χ4n) is 1.57. The van der Waals surface area contributed by atoms with Crippen molar-refractivity contribution in [3.8, 4) is 6.07 Å². The second kappa shape index (κ2) is 6.77. The maximum atomic E-state index is 10.9. The van der Waals surface area contributed by atoms with Crippen LogP contribution in [0.15, 0.2) is 24.3 Å². The Morgan fingerprint density at radius 3 is 2.44 bits per heavy atom.